The van der Waals surface area contributed by atoms with Crippen molar-refractivity contribution >= 4 is 5.71 Å². The fraction of sp³-hybridized carbons (Fsp3) is 0.500. The molecule has 1 fully saturated rings. The molecule has 1 saturated carbocycles. The van der Waals surface area contributed by atoms with Gasteiger partial charge in [0, 0.05) is 18.4 Å². The van der Waals surface area contributed by atoms with Crippen LogP contribution in [0, 0.1) is 0 Å². The van der Waals surface area contributed by atoms with Crippen molar-refractivity contribution in [1.82, 2.24) is 0 Å². The molecule has 3 aliphatic rings. The number of rotatable bonds is 1. The van der Waals surface area contributed by atoms with Crippen molar-refractivity contribution in [2.24, 2.45) is 0 Å². The third kappa shape index (κ3) is 2.43. The van der Waals surface area contributed by atoms with Gasteiger partial charge in [-0.05, 0) is 24.8 Å². The smallest absolute Gasteiger partial charge is 0.185 e. The fourth-order valence-corrected chi connectivity index (χ4v) is 4.21. The largest absolute Gasteiger partial charge is 1.00 e. The maximum Gasteiger partial charge on any atom is 0.185 e. The number of hydrogen-bond acceptors (Lipinski definition) is 1. The molecule has 2 aliphatic heterocycles. The molecular weight excluding hydrogens is 373 g/mol. The number of nitrogens with zero attached hydrogens (tertiary/aromatic N) is 1. The predicted octanol–water partition coefficient (Wildman–Crippen LogP) is 0.619. The van der Waals surface area contributed by atoms with Crippen LogP contribution in [-0.2, 0) is 11.2 Å². The Bertz CT molecular complexity index is 617. The number of hydrogen-bond donors (Lipinski definition) is 0. The molecule has 3 heteroatoms. The summed E-state index contributed by atoms with van der Waals surface area (Å²) in [6.45, 7) is 1.18. The molecule has 0 aromatic heterocycles. The van der Waals surface area contributed by atoms with Gasteiger partial charge in [0.15, 0.2) is 11.8 Å². The molecule has 2 nitrogen and oxygen atoms in total. The van der Waals surface area contributed by atoms with Gasteiger partial charge in [0.05, 0.1) is 19.1 Å². The molecule has 1 atom stereocenters. The van der Waals surface area contributed by atoms with Gasteiger partial charge < -0.3 is 28.7 Å². The van der Waals surface area contributed by atoms with Gasteiger partial charge in [0.25, 0.3) is 0 Å². The van der Waals surface area contributed by atoms with E-state index < -0.39 is 0 Å². The number of benzene rings is 1. The van der Waals surface area contributed by atoms with Crippen LogP contribution in [0.1, 0.15) is 49.3 Å². The molecule has 1 unspecified atom stereocenters. The molecule has 0 bridgehead atoms. The Balaban J connectivity index is 0.00000132. The summed E-state index contributed by atoms with van der Waals surface area (Å²) in [4.78, 5) is 0. The molecule has 1 aromatic rings. The highest BCUT2D eigenvalue weighted by Crippen LogP contribution is 2.39. The van der Waals surface area contributed by atoms with Crippen LogP contribution in [0.2, 0.25) is 0 Å². The zero-order chi connectivity index (χ0) is 13.5. The maximum atomic E-state index is 5.76. The van der Waals surface area contributed by atoms with E-state index in [0.717, 1.165) is 6.42 Å². The van der Waals surface area contributed by atoms with E-state index in [1.807, 2.05) is 7.11 Å². The first kappa shape index (κ1) is 15.1. The predicted molar refractivity (Wildman–Crippen MR) is 80.1 cm³/mol. The molecule has 0 radical (unpaired) electrons. The van der Waals surface area contributed by atoms with Crippen molar-refractivity contribution in [3.05, 3.63) is 46.7 Å². The number of fused-ring (bicyclic) bond motifs is 4. The Morgan fingerprint density at radius 1 is 1.10 bits per heavy atom. The summed E-state index contributed by atoms with van der Waals surface area (Å²) in [5.74, 6) is 1.25. The molecule has 1 aliphatic carbocycles. The second-order valence-electron chi connectivity index (χ2n) is 6.12. The van der Waals surface area contributed by atoms with Crippen LogP contribution in [0.25, 0.3) is 0 Å². The first-order chi connectivity index (χ1) is 9.88. The van der Waals surface area contributed by atoms with E-state index >= 15 is 0 Å². The number of methoxy groups -OCH3 is 1. The quantitative estimate of drug-likeness (QED) is 0.502. The number of ether oxygens (including phenoxy) is 1. The van der Waals surface area contributed by atoms with Gasteiger partial charge in [-0.25, -0.2) is 4.58 Å². The Hall–Kier alpha value is -0.840. The van der Waals surface area contributed by atoms with Crippen molar-refractivity contribution in [2.45, 2.75) is 44.6 Å². The van der Waals surface area contributed by atoms with Gasteiger partial charge in [-0.15, -0.1) is 0 Å². The van der Waals surface area contributed by atoms with E-state index in [-0.39, 0.29) is 24.0 Å². The van der Waals surface area contributed by atoms with Crippen LogP contribution in [0.3, 0.4) is 0 Å². The van der Waals surface area contributed by atoms with E-state index in [9.17, 15) is 0 Å². The summed E-state index contributed by atoms with van der Waals surface area (Å²) in [5.41, 5.74) is 6.16. The van der Waals surface area contributed by atoms with E-state index in [2.05, 4.69) is 28.8 Å². The second-order valence-corrected chi connectivity index (χ2v) is 6.12. The molecule has 2 heterocycles. The van der Waals surface area contributed by atoms with Gasteiger partial charge in [0.2, 0.25) is 0 Å². The van der Waals surface area contributed by atoms with Crippen molar-refractivity contribution in [2.75, 3.05) is 13.7 Å². The molecule has 1 aromatic carbocycles. The highest BCUT2D eigenvalue weighted by molar-refractivity contribution is 5.98. The first-order valence-corrected chi connectivity index (χ1v) is 7.85. The summed E-state index contributed by atoms with van der Waals surface area (Å²) in [6.07, 6.45) is 7.34. The summed E-state index contributed by atoms with van der Waals surface area (Å²) >= 11 is 0. The third-order valence-corrected chi connectivity index (χ3v) is 5.16. The van der Waals surface area contributed by atoms with E-state index in [4.69, 9.17) is 4.74 Å². The average molecular weight is 395 g/mol. The lowest BCUT2D eigenvalue weighted by Crippen LogP contribution is -3.00. The first-order valence-electron chi connectivity index (χ1n) is 7.85. The van der Waals surface area contributed by atoms with Crippen LogP contribution in [0.4, 0.5) is 0 Å². The summed E-state index contributed by atoms with van der Waals surface area (Å²) in [5, 5.41) is 0. The molecule has 21 heavy (non-hydrogen) atoms. The summed E-state index contributed by atoms with van der Waals surface area (Å²) < 4.78 is 8.44. The lowest BCUT2D eigenvalue weighted by Gasteiger charge is -2.32. The van der Waals surface area contributed by atoms with E-state index in [1.54, 1.807) is 5.71 Å². The van der Waals surface area contributed by atoms with Crippen LogP contribution >= 0.6 is 0 Å². The van der Waals surface area contributed by atoms with Crippen molar-refractivity contribution in [1.29, 1.82) is 0 Å². The topological polar surface area (TPSA) is 12.2 Å². The zero-order valence-electron chi connectivity index (χ0n) is 12.6. The Morgan fingerprint density at radius 2 is 1.90 bits per heavy atom. The summed E-state index contributed by atoms with van der Waals surface area (Å²) in [7, 11) is 1.85. The van der Waals surface area contributed by atoms with Gasteiger partial charge in [0.1, 0.15) is 12.3 Å². The average Bonchev–Trinajstić information content (AvgIpc) is 2.53. The molecule has 0 amide bonds. The van der Waals surface area contributed by atoms with Crippen LogP contribution in [-0.4, -0.2) is 23.9 Å². The minimum atomic E-state index is 0. The highest BCUT2D eigenvalue weighted by Gasteiger charge is 2.40. The minimum absolute atomic E-state index is 0. The minimum Gasteiger partial charge on any atom is -1.00 e. The normalized spacial score (nSPS) is 23.8. The monoisotopic (exact) mass is 395 g/mol. The van der Waals surface area contributed by atoms with Gasteiger partial charge in [-0.1, -0.05) is 24.3 Å². The maximum absolute atomic E-state index is 5.76. The summed E-state index contributed by atoms with van der Waals surface area (Å²) in [6, 6.07) is 9.47. The van der Waals surface area contributed by atoms with E-state index in [0.29, 0.717) is 6.04 Å². The Kier molecular flexibility index (Phi) is 4.38. The second kappa shape index (κ2) is 6.11. The van der Waals surface area contributed by atoms with Gasteiger partial charge >= 0.3 is 0 Å². The van der Waals surface area contributed by atoms with Gasteiger partial charge in [-0.3, -0.25) is 0 Å². The lowest BCUT2D eigenvalue weighted by atomic mass is 9.82. The Morgan fingerprint density at radius 3 is 2.76 bits per heavy atom. The third-order valence-electron chi connectivity index (χ3n) is 5.16. The SMILES string of the molecule is COC1=C2CCCCC2=[N+]2CCc3ccccc3C2C1.[I-]. The molecule has 0 N–H and O–H groups in total. The van der Waals surface area contributed by atoms with Crippen molar-refractivity contribution < 1.29 is 33.3 Å². The number of halogens is 1. The molecule has 112 valence electrons. The fourth-order valence-electron chi connectivity index (χ4n) is 4.21. The Labute approximate surface area is 143 Å². The van der Waals surface area contributed by atoms with Gasteiger partial charge in [-0.2, -0.15) is 0 Å². The molecular formula is C18H22INO. The van der Waals surface area contributed by atoms with Crippen LogP contribution < -0.4 is 24.0 Å². The number of allylic oxidation sites excluding steroid dienone is 1. The highest BCUT2D eigenvalue weighted by atomic mass is 127. The molecule has 0 spiro atoms. The lowest BCUT2D eigenvalue weighted by molar-refractivity contribution is -0.579. The van der Waals surface area contributed by atoms with Crippen LogP contribution in [0.5, 0.6) is 0 Å². The van der Waals surface area contributed by atoms with Crippen LogP contribution in [0.15, 0.2) is 35.6 Å². The standard InChI is InChI=1S/C18H22NO.HI/c1-20-18-12-17-14-7-3-2-6-13(14)10-11-19(17)16-9-5-4-8-15(16)18;/h2-3,6-7,17H,4-5,8-12H2,1H3;1H/q+1;/p-1. The molecule has 0 saturated heterocycles. The van der Waals surface area contributed by atoms with E-state index in [1.165, 1.54) is 61.1 Å². The zero-order valence-corrected chi connectivity index (χ0v) is 14.7. The van der Waals surface area contributed by atoms with Crippen molar-refractivity contribution in [3.8, 4) is 0 Å². The molecule has 4 rings (SSSR count). The van der Waals surface area contributed by atoms with Crippen molar-refractivity contribution in [3.63, 3.8) is 0 Å².